The molecule has 0 saturated carbocycles. The first-order valence-corrected chi connectivity index (χ1v) is 8.84. The van der Waals surface area contributed by atoms with Crippen LogP contribution < -0.4 is 10.6 Å². The van der Waals surface area contributed by atoms with E-state index in [2.05, 4.69) is 10.6 Å². The lowest BCUT2D eigenvalue weighted by Crippen LogP contribution is -2.46. The van der Waals surface area contributed by atoms with E-state index in [1.807, 2.05) is 37.3 Å². The molecule has 1 aromatic carbocycles. The van der Waals surface area contributed by atoms with Crippen LogP contribution in [0.3, 0.4) is 0 Å². The zero-order valence-electron chi connectivity index (χ0n) is 15.5. The van der Waals surface area contributed by atoms with Gasteiger partial charge in [0, 0.05) is 0 Å². The van der Waals surface area contributed by atoms with Crippen LogP contribution in [0.5, 0.6) is 0 Å². The number of carboxylic acids is 1. The lowest BCUT2D eigenvalue weighted by atomic mass is 10.1. The van der Waals surface area contributed by atoms with Gasteiger partial charge in [-0.15, -0.1) is 0 Å². The Balaban J connectivity index is 1.92. The number of amides is 2. The van der Waals surface area contributed by atoms with E-state index in [-0.39, 0.29) is 36.1 Å². The summed E-state index contributed by atoms with van der Waals surface area (Å²) >= 11 is 0. The van der Waals surface area contributed by atoms with Crippen molar-refractivity contribution in [1.82, 2.24) is 10.6 Å². The highest BCUT2D eigenvalue weighted by molar-refractivity contribution is 5.89. The Morgan fingerprint density at radius 3 is 2.48 bits per heavy atom. The molecule has 0 spiro atoms. The number of rotatable bonds is 9. The number of hydrogen-bond donors (Lipinski definition) is 3. The van der Waals surface area contributed by atoms with Gasteiger partial charge in [-0.2, -0.15) is 0 Å². The minimum atomic E-state index is -1.08. The number of carbonyl (C=O) groups is 3. The zero-order valence-corrected chi connectivity index (χ0v) is 15.5. The predicted molar refractivity (Wildman–Crippen MR) is 99.2 cm³/mol. The molecule has 2 rings (SSSR count). The second-order valence-electron chi connectivity index (χ2n) is 6.28. The summed E-state index contributed by atoms with van der Waals surface area (Å²) in [6, 6.07) is 10.0. The van der Waals surface area contributed by atoms with E-state index < -0.39 is 12.0 Å². The quantitative estimate of drug-likeness (QED) is 0.626. The highest BCUT2D eigenvalue weighted by Crippen LogP contribution is 2.14. The average molecular weight is 372 g/mol. The van der Waals surface area contributed by atoms with Crippen LogP contribution in [-0.4, -0.2) is 28.9 Å². The van der Waals surface area contributed by atoms with Crippen molar-refractivity contribution in [3.05, 3.63) is 59.0 Å². The van der Waals surface area contributed by atoms with Crippen molar-refractivity contribution in [2.24, 2.45) is 0 Å². The summed E-state index contributed by atoms with van der Waals surface area (Å²) in [5.41, 5.74) is 0.943. The maximum absolute atomic E-state index is 12.4. The Kier molecular flexibility index (Phi) is 7.16. The van der Waals surface area contributed by atoms with Crippen LogP contribution in [0, 0.1) is 6.92 Å². The Bertz CT molecular complexity index is 798. The number of furan rings is 1. The van der Waals surface area contributed by atoms with Crippen molar-refractivity contribution in [3.8, 4) is 0 Å². The molecule has 0 aliphatic carbocycles. The van der Waals surface area contributed by atoms with Crippen LogP contribution in [0.15, 0.2) is 40.8 Å². The molecule has 2 aromatic rings. The Hall–Kier alpha value is -3.09. The van der Waals surface area contributed by atoms with Gasteiger partial charge in [0.15, 0.2) is 0 Å². The van der Waals surface area contributed by atoms with Gasteiger partial charge in [-0.3, -0.25) is 9.59 Å². The molecule has 1 unspecified atom stereocenters. The minimum Gasteiger partial charge on any atom is -0.478 e. The topological polar surface area (TPSA) is 109 Å². The van der Waals surface area contributed by atoms with Gasteiger partial charge in [0.2, 0.25) is 11.8 Å². The van der Waals surface area contributed by atoms with Gasteiger partial charge in [0.05, 0.1) is 13.0 Å². The second kappa shape index (κ2) is 9.56. The predicted octanol–water partition coefficient (Wildman–Crippen LogP) is 2.43. The van der Waals surface area contributed by atoms with Gasteiger partial charge >= 0.3 is 5.97 Å². The van der Waals surface area contributed by atoms with Crippen molar-refractivity contribution in [2.75, 3.05) is 0 Å². The molecule has 144 valence electrons. The molecule has 0 fully saturated rings. The first-order valence-electron chi connectivity index (χ1n) is 8.84. The summed E-state index contributed by atoms with van der Waals surface area (Å²) in [5, 5.41) is 14.5. The highest BCUT2D eigenvalue weighted by atomic mass is 16.4. The molecule has 0 bridgehead atoms. The fourth-order valence-corrected chi connectivity index (χ4v) is 2.72. The van der Waals surface area contributed by atoms with Crippen molar-refractivity contribution >= 4 is 17.8 Å². The Morgan fingerprint density at radius 2 is 1.89 bits per heavy atom. The number of benzene rings is 1. The molecule has 7 heteroatoms. The molecule has 0 saturated heterocycles. The molecular formula is C20H24N2O5. The monoisotopic (exact) mass is 372 g/mol. The number of aromatic carboxylic acids is 1. The molecule has 0 aliphatic heterocycles. The van der Waals surface area contributed by atoms with Gasteiger partial charge < -0.3 is 20.2 Å². The number of nitrogens with one attached hydrogen (secondary N) is 2. The number of hydrogen-bond acceptors (Lipinski definition) is 4. The molecule has 2 amide bonds. The normalized spacial score (nSPS) is 11.6. The summed E-state index contributed by atoms with van der Waals surface area (Å²) < 4.78 is 5.34. The van der Waals surface area contributed by atoms with Gasteiger partial charge in [-0.25, -0.2) is 4.79 Å². The summed E-state index contributed by atoms with van der Waals surface area (Å²) in [6.45, 7) is 3.54. The van der Waals surface area contributed by atoms with Crippen LogP contribution >= 0.6 is 0 Å². The summed E-state index contributed by atoms with van der Waals surface area (Å²) in [6.07, 6.45) is 1.43. The molecule has 0 radical (unpaired) electrons. The van der Waals surface area contributed by atoms with Gasteiger partial charge in [0.1, 0.15) is 23.1 Å². The van der Waals surface area contributed by atoms with Crippen LogP contribution in [0.25, 0.3) is 0 Å². The van der Waals surface area contributed by atoms with Gasteiger partial charge in [-0.1, -0.05) is 43.7 Å². The fourth-order valence-electron chi connectivity index (χ4n) is 2.72. The summed E-state index contributed by atoms with van der Waals surface area (Å²) in [7, 11) is 0. The van der Waals surface area contributed by atoms with E-state index in [4.69, 9.17) is 9.52 Å². The van der Waals surface area contributed by atoms with Gasteiger partial charge in [-0.05, 0) is 25.0 Å². The van der Waals surface area contributed by atoms with E-state index in [1.54, 1.807) is 6.92 Å². The molecule has 3 N–H and O–H groups in total. The molecular weight excluding hydrogens is 348 g/mol. The smallest absolute Gasteiger partial charge is 0.339 e. The first-order chi connectivity index (χ1) is 12.9. The fraction of sp³-hybridized carbons (Fsp3) is 0.350. The summed E-state index contributed by atoms with van der Waals surface area (Å²) in [4.78, 5) is 35.7. The van der Waals surface area contributed by atoms with E-state index in [0.29, 0.717) is 12.2 Å². The third-order valence-electron chi connectivity index (χ3n) is 4.07. The van der Waals surface area contributed by atoms with Crippen molar-refractivity contribution in [3.63, 3.8) is 0 Å². The minimum absolute atomic E-state index is 0.0573. The maximum atomic E-state index is 12.4. The molecule has 0 aliphatic rings. The van der Waals surface area contributed by atoms with Crippen LogP contribution in [0.2, 0.25) is 0 Å². The van der Waals surface area contributed by atoms with Crippen molar-refractivity contribution in [1.29, 1.82) is 0 Å². The maximum Gasteiger partial charge on any atom is 0.339 e. The van der Waals surface area contributed by atoms with E-state index in [0.717, 1.165) is 12.0 Å². The molecule has 7 nitrogen and oxygen atoms in total. The lowest BCUT2D eigenvalue weighted by Gasteiger charge is -2.17. The Morgan fingerprint density at radius 1 is 1.19 bits per heavy atom. The number of carboxylic acid groups (broad SMARTS) is 1. The molecule has 1 atom stereocenters. The first kappa shape index (κ1) is 20.2. The van der Waals surface area contributed by atoms with Crippen molar-refractivity contribution < 1.29 is 23.9 Å². The molecule has 27 heavy (non-hydrogen) atoms. The van der Waals surface area contributed by atoms with Crippen LogP contribution in [0.1, 0.15) is 47.2 Å². The van der Waals surface area contributed by atoms with E-state index in [9.17, 15) is 14.4 Å². The lowest BCUT2D eigenvalue weighted by molar-refractivity contribution is -0.129. The third kappa shape index (κ3) is 5.99. The molecule has 1 heterocycles. The number of carbonyl (C=O) groups excluding carboxylic acids is 2. The van der Waals surface area contributed by atoms with E-state index >= 15 is 0 Å². The third-order valence-corrected chi connectivity index (χ3v) is 4.07. The highest BCUT2D eigenvalue weighted by Gasteiger charge is 2.21. The van der Waals surface area contributed by atoms with Crippen LogP contribution in [-0.2, 0) is 22.6 Å². The number of aryl methyl sites for hydroxylation is 1. The SMILES string of the molecule is CCCC(NC(=O)Cc1ccccc1)C(=O)NCc1cc(C(=O)O)c(C)o1. The zero-order chi connectivity index (χ0) is 19.8. The van der Waals surface area contributed by atoms with Crippen LogP contribution in [0.4, 0.5) is 0 Å². The van der Waals surface area contributed by atoms with Gasteiger partial charge in [0.25, 0.3) is 0 Å². The second-order valence-corrected chi connectivity index (χ2v) is 6.28. The average Bonchev–Trinajstić information content (AvgIpc) is 3.01. The van der Waals surface area contributed by atoms with Crippen molar-refractivity contribution in [2.45, 2.75) is 45.7 Å². The standard InChI is InChI=1S/C20H24N2O5/c1-3-7-17(22-18(23)10-14-8-5-4-6-9-14)19(24)21-12-15-11-16(20(25)26)13(2)27-15/h4-6,8-9,11,17H,3,7,10,12H2,1-2H3,(H,21,24)(H,22,23)(H,25,26). The summed E-state index contributed by atoms with van der Waals surface area (Å²) in [5.74, 6) is -0.996. The Labute approximate surface area is 157 Å². The van der Waals surface area contributed by atoms with E-state index in [1.165, 1.54) is 6.07 Å². The molecule has 1 aromatic heterocycles. The largest absolute Gasteiger partial charge is 0.478 e.